The van der Waals surface area contributed by atoms with Crippen LogP contribution >= 0.6 is 45.2 Å². The first-order chi connectivity index (χ1) is 11.2. The summed E-state index contributed by atoms with van der Waals surface area (Å²) < 4.78 is 2.46. The van der Waals surface area contributed by atoms with Crippen LogP contribution in [0.25, 0.3) is 21.8 Å². The van der Waals surface area contributed by atoms with E-state index in [-0.39, 0.29) is 0 Å². The van der Waals surface area contributed by atoms with E-state index in [1.54, 1.807) is 0 Å². The Kier molecular flexibility index (Phi) is 4.06. The van der Waals surface area contributed by atoms with Crippen molar-refractivity contribution in [3.8, 4) is 0 Å². The first kappa shape index (κ1) is 15.1. The van der Waals surface area contributed by atoms with Crippen LogP contribution in [0.2, 0.25) is 0 Å². The molecule has 0 spiro atoms. The molecule has 5 heteroatoms. The Bertz CT molecular complexity index is 1030. The van der Waals surface area contributed by atoms with Crippen LogP contribution in [0.5, 0.6) is 0 Å². The van der Waals surface area contributed by atoms with Gasteiger partial charge in [0.05, 0.1) is 11.0 Å². The number of hydrogen-bond acceptors (Lipinski definition) is 3. The van der Waals surface area contributed by atoms with Crippen molar-refractivity contribution in [3.05, 3.63) is 67.9 Å². The lowest BCUT2D eigenvalue weighted by molar-refractivity contribution is 1.36. The number of aromatic nitrogens is 2. The van der Waals surface area contributed by atoms with Gasteiger partial charge in [0.25, 0.3) is 0 Å². The van der Waals surface area contributed by atoms with Crippen LogP contribution in [0.4, 0.5) is 11.5 Å². The quantitative estimate of drug-likeness (QED) is 0.269. The van der Waals surface area contributed by atoms with Gasteiger partial charge in [0.2, 0.25) is 0 Å². The Morgan fingerprint density at radius 3 is 2.52 bits per heavy atom. The standard InChI is InChI=1S/C18H11I2N3/c19-14-8-7-11(10-15(14)20)22-18-13-5-3-9-21-17(13)12-4-1-2-6-16(12)23-18/h1-10H,(H,22,23). The summed E-state index contributed by atoms with van der Waals surface area (Å²) in [5.41, 5.74) is 2.95. The molecule has 0 bridgehead atoms. The van der Waals surface area contributed by atoms with E-state index in [4.69, 9.17) is 4.98 Å². The third-order valence-electron chi connectivity index (χ3n) is 3.64. The summed E-state index contributed by atoms with van der Waals surface area (Å²) in [4.78, 5) is 9.36. The molecular formula is C18H11I2N3. The first-order valence-corrected chi connectivity index (χ1v) is 9.24. The van der Waals surface area contributed by atoms with E-state index in [1.807, 2.05) is 30.5 Å². The smallest absolute Gasteiger partial charge is 0.140 e. The molecule has 3 nitrogen and oxygen atoms in total. The normalized spacial score (nSPS) is 11.0. The molecule has 0 saturated carbocycles. The number of fused-ring (bicyclic) bond motifs is 3. The number of para-hydroxylation sites is 1. The highest BCUT2D eigenvalue weighted by Gasteiger charge is 2.09. The van der Waals surface area contributed by atoms with Crippen molar-refractivity contribution >= 4 is 78.5 Å². The summed E-state index contributed by atoms with van der Waals surface area (Å²) in [5.74, 6) is 0.837. The minimum atomic E-state index is 0.837. The largest absolute Gasteiger partial charge is 0.340 e. The fraction of sp³-hybridized carbons (Fsp3) is 0. The molecule has 0 saturated heterocycles. The zero-order chi connectivity index (χ0) is 15.8. The Labute approximate surface area is 160 Å². The molecule has 0 atom stereocenters. The van der Waals surface area contributed by atoms with Gasteiger partial charge < -0.3 is 5.32 Å². The van der Waals surface area contributed by atoms with Gasteiger partial charge in [-0.25, -0.2) is 4.98 Å². The monoisotopic (exact) mass is 523 g/mol. The Morgan fingerprint density at radius 1 is 0.826 bits per heavy atom. The third kappa shape index (κ3) is 2.87. The van der Waals surface area contributed by atoms with Crippen molar-refractivity contribution in [2.24, 2.45) is 0 Å². The number of hydrogen-bond donors (Lipinski definition) is 1. The first-order valence-electron chi connectivity index (χ1n) is 7.08. The maximum Gasteiger partial charge on any atom is 0.140 e. The molecule has 0 aliphatic carbocycles. The fourth-order valence-electron chi connectivity index (χ4n) is 2.57. The highest BCUT2D eigenvalue weighted by Crippen LogP contribution is 2.30. The number of rotatable bonds is 2. The number of nitrogens with one attached hydrogen (secondary N) is 1. The Morgan fingerprint density at radius 2 is 1.65 bits per heavy atom. The molecule has 2 aromatic carbocycles. The maximum atomic E-state index is 4.80. The maximum absolute atomic E-state index is 4.80. The molecule has 4 aromatic rings. The average molecular weight is 523 g/mol. The van der Waals surface area contributed by atoms with Crippen molar-refractivity contribution in [3.63, 3.8) is 0 Å². The van der Waals surface area contributed by atoms with Crippen LogP contribution in [0.1, 0.15) is 0 Å². The van der Waals surface area contributed by atoms with Crippen LogP contribution in [0.15, 0.2) is 60.8 Å². The van der Waals surface area contributed by atoms with Crippen molar-refractivity contribution < 1.29 is 0 Å². The lowest BCUT2D eigenvalue weighted by atomic mass is 10.1. The summed E-state index contributed by atoms with van der Waals surface area (Å²) in [6.07, 6.45) is 1.83. The number of benzene rings is 2. The average Bonchev–Trinajstić information content (AvgIpc) is 2.58. The lowest BCUT2D eigenvalue weighted by Crippen LogP contribution is -1.97. The number of anilines is 2. The summed E-state index contributed by atoms with van der Waals surface area (Å²) >= 11 is 4.68. The highest BCUT2D eigenvalue weighted by atomic mass is 127. The van der Waals surface area contributed by atoms with Gasteiger partial charge in [-0.15, -0.1) is 0 Å². The van der Waals surface area contributed by atoms with Crippen molar-refractivity contribution in [2.45, 2.75) is 0 Å². The van der Waals surface area contributed by atoms with Crippen LogP contribution < -0.4 is 5.32 Å². The Balaban J connectivity index is 1.92. The van der Waals surface area contributed by atoms with Crippen molar-refractivity contribution in [2.75, 3.05) is 5.32 Å². The summed E-state index contributed by atoms with van der Waals surface area (Å²) in [5, 5.41) is 5.55. The van der Waals surface area contributed by atoms with E-state index in [0.29, 0.717) is 0 Å². The van der Waals surface area contributed by atoms with Gasteiger partial charge in [0, 0.05) is 29.8 Å². The van der Waals surface area contributed by atoms with Crippen LogP contribution in [-0.4, -0.2) is 9.97 Å². The summed E-state index contributed by atoms with van der Waals surface area (Å²) in [6, 6.07) is 18.4. The topological polar surface area (TPSA) is 37.8 Å². The van der Waals surface area contributed by atoms with Gasteiger partial charge in [-0.2, -0.15) is 0 Å². The van der Waals surface area contributed by atoms with Gasteiger partial charge >= 0.3 is 0 Å². The predicted octanol–water partition coefficient (Wildman–Crippen LogP) is 5.74. The molecule has 0 aliphatic heterocycles. The van der Waals surface area contributed by atoms with Crippen LogP contribution in [0, 0.1) is 7.14 Å². The van der Waals surface area contributed by atoms with Gasteiger partial charge in [-0.3, -0.25) is 4.98 Å². The summed E-state index contributed by atoms with van der Waals surface area (Å²) in [6.45, 7) is 0. The second-order valence-corrected chi connectivity index (χ2v) is 7.46. The Hall–Kier alpha value is -1.48. The second kappa shape index (κ2) is 6.20. The van der Waals surface area contributed by atoms with E-state index in [0.717, 1.165) is 33.3 Å². The third-order valence-corrected chi connectivity index (χ3v) is 6.50. The van der Waals surface area contributed by atoms with E-state index >= 15 is 0 Å². The minimum Gasteiger partial charge on any atom is -0.340 e. The second-order valence-electron chi connectivity index (χ2n) is 5.13. The van der Waals surface area contributed by atoms with Crippen molar-refractivity contribution in [1.82, 2.24) is 9.97 Å². The van der Waals surface area contributed by atoms with Crippen LogP contribution in [0.3, 0.4) is 0 Å². The summed E-state index contributed by atoms with van der Waals surface area (Å²) in [7, 11) is 0. The van der Waals surface area contributed by atoms with E-state index in [1.165, 1.54) is 7.14 Å². The molecule has 112 valence electrons. The van der Waals surface area contributed by atoms with Gasteiger partial charge in [-0.1, -0.05) is 18.2 Å². The molecule has 0 unspecified atom stereocenters. The van der Waals surface area contributed by atoms with Gasteiger partial charge in [-0.05, 0) is 81.6 Å². The fourth-order valence-corrected chi connectivity index (χ4v) is 3.42. The molecule has 4 rings (SSSR count). The number of nitrogens with zero attached hydrogens (tertiary/aromatic N) is 2. The molecular weight excluding hydrogens is 512 g/mol. The highest BCUT2D eigenvalue weighted by molar-refractivity contribution is 14.1. The molecule has 0 fully saturated rings. The minimum absolute atomic E-state index is 0.837. The zero-order valence-corrected chi connectivity index (χ0v) is 16.2. The number of pyridine rings is 2. The molecule has 0 aliphatic rings. The van der Waals surface area contributed by atoms with E-state index in [2.05, 4.69) is 85.8 Å². The molecule has 0 amide bonds. The molecule has 0 radical (unpaired) electrons. The van der Waals surface area contributed by atoms with E-state index < -0.39 is 0 Å². The molecule has 2 aromatic heterocycles. The molecule has 1 N–H and O–H groups in total. The molecule has 23 heavy (non-hydrogen) atoms. The lowest BCUT2D eigenvalue weighted by Gasteiger charge is -2.11. The van der Waals surface area contributed by atoms with Gasteiger partial charge in [0.15, 0.2) is 0 Å². The van der Waals surface area contributed by atoms with Gasteiger partial charge in [0.1, 0.15) is 5.82 Å². The zero-order valence-electron chi connectivity index (χ0n) is 11.9. The number of halogens is 2. The molecule has 2 heterocycles. The van der Waals surface area contributed by atoms with E-state index in [9.17, 15) is 0 Å². The SMILES string of the molecule is Ic1ccc(Nc2nc3ccccc3c3ncccc23)cc1I. The van der Waals surface area contributed by atoms with Crippen LogP contribution in [-0.2, 0) is 0 Å². The van der Waals surface area contributed by atoms with Crippen molar-refractivity contribution in [1.29, 1.82) is 0 Å². The predicted molar refractivity (Wildman–Crippen MR) is 112 cm³/mol.